The van der Waals surface area contributed by atoms with Gasteiger partial charge in [-0.05, 0) is 23.6 Å². The molecule has 1 fully saturated rings. The van der Waals surface area contributed by atoms with Crippen molar-refractivity contribution >= 4 is 5.91 Å². The van der Waals surface area contributed by atoms with E-state index in [0.717, 1.165) is 37.5 Å². The van der Waals surface area contributed by atoms with Crippen molar-refractivity contribution < 1.29 is 14.6 Å². The quantitative estimate of drug-likeness (QED) is 0.825. The van der Waals surface area contributed by atoms with Crippen molar-refractivity contribution in [3.63, 3.8) is 0 Å². The number of ether oxygens (including phenoxy) is 1. The second-order valence-corrected chi connectivity index (χ2v) is 6.47. The van der Waals surface area contributed by atoms with Crippen LogP contribution in [0.1, 0.15) is 19.4 Å². The SMILES string of the molecule is CC(C)COc1ccc(CC(=O)N2CCN(CCO)CC2)cc1. The maximum Gasteiger partial charge on any atom is 0.227 e. The van der Waals surface area contributed by atoms with E-state index in [2.05, 4.69) is 18.7 Å². The van der Waals surface area contributed by atoms with Crippen molar-refractivity contribution in [2.45, 2.75) is 20.3 Å². The Hall–Kier alpha value is -1.59. The smallest absolute Gasteiger partial charge is 0.227 e. The first-order chi connectivity index (χ1) is 11.1. The van der Waals surface area contributed by atoms with Gasteiger partial charge in [-0.2, -0.15) is 0 Å². The van der Waals surface area contributed by atoms with Crippen LogP contribution in [0.4, 0.5) is 0 Å². The molecule has 23 heavy (non-hydrogen) atoms. The summed E-state index contributed by atoms with van der Waals surface area (Å²) in [6.45, 7) is 8.99. The molecular weight excluding hydrogens is 292 g/mol. The lowest BCUT2D eigenvalue weighted by atomic mass is 10.1. The average molecular weight is 320 g/mol. The van der Waals surface area contributed by atoms with Gasteiger partial charge in [-0.15, -0.1) is 0 Å². The molecule has 1 aliphatic rings. The number of β-amino-alcohol motifs (C(OH)–C–C–N with tert-alkyl or cyclic N) is 1. The molecule has 5 heteroatoms. The molecule has 1 aromatic rings. The van der Waals surface area contributed by atoms with Crippen LogP contribution in [0.15, 0.2) is 24.3 Å². The number of benzene rings is 1. The van der Waals surface area contributed by atoms with Gasteiger partial charge in [0.2, 0.25) is 5.91 Å². The third-order valence-electron chi connectivity index (χ3n) is 4.00. The van der Waals surface area contributed by atoms with E-state index in [1.54, 1.807) is 0 Å². The molecule has 0 radical (unpaired) electrons. The fourth-order valence-corrected chi connectivity index (χ4v) is 2.62. The third-order valence-corrected chi connectivity index (χ3v) is 4.00. The molecule has 1 aromatic carbocycles. The molecule has 0 bridgehead atoms. The second kappa shape index (κ2) is 8.89. The van der Waals surface area contributed by atoms with Crippen molar-refractivity contribution in [1.29, 1.82) is 0 Å². The minimum Gasteiger partial charge on any atom is -0.493 e. The molecule has 0 aromatic heterocycles. The number of carbonyl (C=O) groups is 1. The maximum absolute atomic E-state index is 12.4. The van der Waals surface area contributed by atoms with Gasteiger partial charge < -0.3 is 14.7 Å². The molecule has 1 saturated heterocycles. The summed E-state index contributed by atoms with van der Waals surface area (Å²) in [5.41, 5.74) is 1.02. The molecule has 0 saturated carbocycles. The zero-order valence-corrected chi connectivity index (χ0v) is 14.2. The standard InChI is InChI=1S/C18H28N2O3/c1-15(2)14-23-17-5-3-16(4-6-17)13-18(22)20-9-7-19(8-10-20)11-12-21/h3-6,15,21H,7-14H2,1-2H3. The molecule has 1 N–H and O–H groups in total. The number of hydrogen-bond donors (Lipinski definition) is 1. The van der Waals surface area contributed by atoms with Crippen molar-refractivity contribution in [1.82, 2.24) is 9.80 Å². The van der Waals surface area contributed by atoms with E-state index in [1.807, 2.05) is 29.2 Å². The number of rotatable bonds is 7. The first-order valence-electron chi connectivity index (χ1n) is 8.41. The molecule has 0 spiro atoms. The van der Waals surface area contributed by atoms with E-state index in [4.69, 9.17) is 9.84 Å². The number of amides is 1. The second-order valence-electron chi connectivity index (χ2n) is 6.47. The number of hydrogen-bond acceptors (Lipinski definition) is 4. The number of nitrogens with zero attached hydrogens (tertiary/aromatic N) is 2. The monoisotopic (exact) mass is 320 g/mol. The van der Waals surface area contributed by atoms with E-state index in [0.29, 0.717) is 25.5 Å². The lowest BCUT2D eigenvalue weighted by molar-refractivity contribution is -0.132. The number of aliphatic hydroxyl groups is 1. The van der Waals surface area contributed by atoms with Gasteiger partial charge in [0.25, 0.3) is 0 Å². The minimum absolute atomic E-state index is 0.171. The van der Waals surface area contributed by atoms with E-state index < -0.39 is 0 Å². The first kappa shape index (κ1) is 17.8. The summed E-state index contributed by atoms with van der Waals surface area (Å²) in [6.07, 6.45) is 0.435. The van der Waals surface area contributed by atoms with Crippen LogP contribution < -0.4 is 4.74 Å². The summed E-state index contributed by atoms with van der Waals surface area (Å²) in [5, 5.41) is 8.95. The molecule has 2 rings (SSSR count). The Labute approximate surface area is 138 Å². The van der Waals surface area contributed by atoms with E-state index >= 15 is 0 Å². The Morgan fingerprint density at radius 3 is 2.39 bits per heavy atom. The molecule has 1 heterocycles. The predicted octanol–water partition coefficient (Wildman–Crippen LogP) is 1.40. The Morgan fingerprint density at radius 2 is 1.83 bits per heavy atom. The van der Waals surface area contributed by atoms with Crippen LogP contribution >= 0.6 is 0 Å². The number of piperazine rings is 1. The van der Waals surface area contributed by atoms with E-state index in [9.17, 15) is 4.79 Å². The third kappa shape index (κ3) is 5.84. The molecule has 0 aliphatic carbocycles. The predicted molar refractivity (Wildman–Crippen MR) is 90.6 cm³/mol. The van der Waals surface area contributed by atoms with Gasteiger partial charge >= 0.3 is 0 Å². The van der Waals surface area contributed by atoms with Crippen molar-refractivity contribution in [2.75, 3.05) is 45.9 Å². The number of aliphatic hydroxyl groups excluding tert-OH is 1. The van der Waals surface area contributed by atoms with Crippen molar-refractivity contribution in [3.05, 3.63) is 29.8 Å². The fourth-order valence-electron chi connectivity index (χ4n) is 2.62. The molecule has 128 valence electrons. The van der Waals surface area contributed by atoms with Crippen molar-refractivity contribution in [2.24, 2.45) is 5.92 Å². The lowest BCUT2D eigenvalue weighted by Gasteiger charge is -2.34. The van der Waals surface area contributed by atoms with Crippen LogP contribution in [0, 0.1) is 5.92 Å². The normalized spacial score (nSPS) is 15.9. The van der Waals surface area contributed by atoms with Gasteiger partial charge in [0.05, 0.1) is 19.6 Å². The van der Waals surface area contributed by atoms with Gasteiger partial charge in [0.15, 0.2) is 0 Å². The highest BCUT2D eigenvalue weighted by Gasteiger charge is 2.20. The van der Waals surface area contributed by atoms with Crippen molar-refractivity contribution in [3.8, 4) is 5.75 Å². The average Bonchev–Trinajstić information content (AvgIpc) is 2.55. The van der Waals surface area contributed by atoms with Crippen LogP contribution in [0.2, 0.25) is 0 Å². The highest BCUT2D eigenvalue weighted by Crippen LogP contribution is 2.14. The lowest BCUT2D eigenvalue weighted by Crippen LogP contribution is -2.49. The summed E-state index contributed by atoms with van der Waals surface area (Å²) in [4.78, 5) is 16.5. The topological polar surface area (TPSA) is 53.0 Å². The maximum atomic E-state index is 12.4. The Bertz CT molecular complexity index is 480. The Kier molecular flexibility index (Phi) is 6.86. The van der Waals surface area contributed by atoms with Crippen LogP contribution in [0.3, 0.4) is 0 Å². The van der Waals surface area contributed by atoms with Crippen LogP contribution in [0.25, 0.3) is 0 Å². The van der Waals surface area contributed by atoms with Gasteiger partial charge in [-0.3, -0.25) is 9.69 Å². The van der Waals surface area contributed by atoms with Gasteiger partial charge in [-0.25, -0.2) is 0 Å². The summed E-state index contributed by atoms with van der Waals surface area (Å²) in [7, 11) is 0. The molecule has 5 nitrogen and oxygen atoms in total. The summed E-state index contributed by atoms with van der Waals surface area (Å²) < 4.78 is 5.66. The molecule has 1 aliphatic heterocycles. The molecule has 1 amide bonds. The summed E-state index contributed by atoms with van der Waals surface area (Å²) >= 11 is 0. The Balaban J connectivity index is 1.79. The number of carbonyl (C=O) groups excluding carboxylic acids is 1. The molecular formula is C18H28N2O3. The summed E-state index contributed by atoms with van der Waals surface area (Å²) in [5.74, 6) is 1.53. The zero-order valence-electron chi connectivity index (χ0n) is 14.2. The first-order valence-corrected chi connectivity index (χ1v) is 8.41. The van der Waals surface area contributed by atoms with Gasteiger partial charge in [0, 0.05) is 32.7 Å². The highest BCUT2D eigenvalue weighted by atomic mass is 16.5. The minimum atomic E-state index is 0.171. The molecule has 0 atom stereocenters. The van der Waals surface area contributed by atoms with Gasteiger partial charge in [-0.1, -0.05) is 26.0 Å². The van der Waals surface area contributed by atoms with Gasteiger partial charge in [0.1, 0.15) is 5.75 Å². The largest absolute Gasteiger partial charge is 0.493 e. The van der Waals surface area contributed by atoms with Crippen LogP contribution in [0.5, 0.6) is 5.75 Å². The molecule has 0 unspecified atom stereocenters. The summed E-state index contributed by atoms with van der Waals surface area (Å²) in [6, 6.07) is 7.81. The highest BCUT2D eigenvalue weighted by molar-refractivity contribution is 5.78. The fraction of sp³-hybridized carbons (Fsp3) is 0.611. The van der Waals surface area contributed by atoms with Crippen LogP contribution in [-0.4, -0.2) is 66.8 Å². The van der Waals surface area contributed by atoms with E-state index in [1.165, 1.54) is 0 Å². The Morgan fingerprint density at radius 1 is 1.17 bits per heavy atom. The van der Waals surface area contributed by atoms with Crippen LogP contribution in [-0.2, 0) is 11.2 Å². The zero-order chi connectivity index (χ0) is 16.7. The van der Waals surface area contributed by atoms with E-state index in [-0.39, 0.29) is 12.5 Å².